The lowest BCUT2D eigenvalue weighted by Gasteiger charge is -2.09. The van der Waals surface area contributed by atoms with Crippen molar-refractivity contribution in [3.05, 3.63) is 46.8 Å². The van der Waals surface area contributed by atoms with E-state index < -0.39 is 18.6 Å². The van der Waals surface area contributed by atoms with Crippen LogP contribution in [0.5, 0.6) is 0 Å². The fraction of sp³-hybridized carbons (Fsp3) is 0.389. The first-order valence-corrected chi connectivity index (χ1v) is 8.28. The predicted octanol–water partition coefficient (Wildman–Crippen LogP) is 3.08. The number of nitrogens with one attached hydrogen (secondary N) is 2. The average molecular weight is 383 g/mol. The summed E-state index contributed by atoms with van der Waals surface area (Å²) in [4.78, 5) is 23.5. The van der Waals surface area contributed by atoms with Gasteiger partial charge in [0.1, 0.15) is 12.3 Å². The van der Waals surface area contributed by atoms with Crippen LogP contribution in [-0.2, 0) is 22.4 Å². The Bertz CT molecular complexity index is 779. The van der Waals surface area contributed by atoms with Crippen LogP contribution in [0.25, 0.3) is 0 Å². The third-order valence-electron chi connectivity index (χ3n) is 3.87. The summed E-state index contributed by atoms with van der Waals surface area (Å²) in [5.41, 5.74) is 2.75. The molecule has 0 fully saturated rings. The second-order valence-electron chi connectivity index (χ2n) is 6.12. The summed E-state index contributed by atoms with van der Waals surface area (Å²) in [5, 5.41) is 8.38. The molecule has 0 aliphatic rings. The molecule has 2 amide bonds. The number of alkyl halides is 3. The van der Waals surface area contributed by atoms with E-state index in [0.29, 0.717) is 23.4 Å². The Hall–Kier alpha value is -2.84. The van der Waals surface area contributed by atoms with Gasteiger partial charge in [-0.1, -0.05) is 17.3 Å². The average Bonchev–Trinajstić information content (AvgIpc) is 2.90. The van der Waals surface area contributed by atoms with Gasteiger partial charge in [0, 0.05) is 17.7 Å². The van der Waals surface area contributed by atoms with Crippen LogP contribution in [0.15, 0.2) is 28.8 Å². The van der Waals surface area contributed by atoms with E-state index in [9.17, 15) is 22.8 Å². The van der Waals surface area contributed by atoms with Crippen LogP contribution < -0.4 is 10.6 Å². The fourth-order valence-corrected chi connectivity index (χ4v) is 2.47. The first-order valence-electron chi connectivity index (χ1n) is 8.28. The van der Waals surface area contributed by atoms with Crippen molar-refractivity contribution in [2.45, 2.75) is 39.3 Å². The SMILES string of the molecule is Cc1noc(C)c1CCC(=O)Nc1ccc(CC(=O)NCC(F)(F)F)cc1. The highest BCUT2D eigenvalue weighted by atomic mass is 19.4. The van der Waals surface area contributed by atoms with E-state index >= 15 is 0 Å². The Morgan fingerprint density at radius 2 is 1.78 bits per heavy atom. The highest BCUT2D eigenvalue weighted by Crippen LogP contribution is 2.16. The number of hydrogen-bond acceptors (Lipinski definition) is 4. The monoisotopic (exact) mass is 383 g/mol. The predicted molar refractivity (Wildman–Crippen MR) is 92.1 cm³/mol. The van der Waals surface area contributed by atoms with E-state index in [0.717, 1.165) is 11.3 Å². The molecule has 0 saturated carbocycles. The maximum absolute atomic E-state index is 12.1. The second kappa shape index (κ2) is 8.70. The lowest BCUT2D eigenvalue weighted by atomic mass is 10.1. The number of benzene rings is 1. The van der Waals surface area contributed by atoms with Crippen molar-refractivity contribution in [1.29, 1.82) is 0 Å². The number of anilines is 1. The van der Waals surface area contributed by atoms with Crippen LogP contribution in [0.1, 0.15) is 29.0 Å². The molecule has 2 aromatic rings. The number of carbonyl (C=O) groups is 2. The van der Waals surface area contributed by atoms with Gasteiger partial charge < -0.3 is 15.2 Å². The van der Waals surface area contributed by atoms with Crippen LogP contribution in [0, 0.1) is 13.8 Å². The van der Waals surface area contributed by atoms with Crippen LogP contribution in [0.4, 0.5) is 18.9 Å². The summed E-state index contributed by atoms with van der Waals surface area (Å²) in [6.07, 6.45) is -3.85. The summed E-state index contributed by atoms with van der Waals surface area (Å²) < 4.78 is 41.2. The highest BCUT2D eigenvalue weighted by molar-refractivity contribution is 5.91. The van der Waals surface area contributed by atoms with E-state index in [1.165, 1.54) is 0 Å². The molecule has 1 heterocycles. The van der Waals surface area contributed by atoms with Gasteiger partial charge in [-0.15, -0.1) is 0 Å². The highest BCUT2D eigenvalue weighted by Gasteiger charge is 2.27. The molecule has 1 aromatic heterocycles. The number of halogens is 3. The van der Waals surface area contributed by atoms with Gasteiger partial charge in [-0.25, -0.2) is 0 Å². The van der Waals surface area contributed by atoms with E-state index in [2.05, 4.69) is 10.5 Å². The van der Waals surface area contributed by atoms with Crippen molar-refractivity contribution < 1.29 is 27.3 Å². The first kappa shape index (κ1) is 20.5. The van der Waals surface area contributed by atoms with Crippen molar-refractivity contribution in [3.63, 3.8) is 0 Å². The molecule has 0 aliphatic carbocycles. The molecule has 2 rings (SSSR count). The molecule has 1 aromatic carbocycles. The molecule has 6 nitrogen and oxygen atoms in total. The van der Waals surface area contributed by atoms with Crippen molar-refractivity contribution in [2.24, 2.45) is 0 Å². The minimum atomic E-state index is -4.44. The number of aromatic nitrogens is 1. The maximum Gasteiger partial charge on any atom is 0.405 e. The Labute approximate surface area is 154 Å². The van der Waals surface area contributed by atoms with E-state index in [4.69, 9.17) is 4.52 Å². The zero-order valence-corrected chi connectivity index (χ0v) is 14.9. The standard InChI is InChI=1S/C18H20F3N3O3/c1-11-15(12(2)27-24-11)7-8-16(25)23-14-5-3-13(4-6-14)9-17(26)22-10-18(19,20)21/h3-6H,7-10H2,1-2H3,(H,22,26)(H,23,25). The molecule has 2 N–H and O–H groups in total. The fourth-order valence-electron chi connectivity index (χ4n) is 2.47. The largest absolute Gasteiger partial charge is 0.405 e. The summed E-state index contributed by atoms with van der Waals surface area (Å²) in [5.74, 6) is -0.220. The maximum atomic E-state index is 12.1. The molecule has 0 aliphatic heterocycles. The van der Waals surface area contributed by atoms with E-state index in [-0.39, 0.29) is 18.7 Å². The molecule has 0 radical (unpaired) electrons. The minimum absolute atomic E-state index is 0.170. The van der Waals surface area contributed by atoms with Crippen LogP contribution in [0.2, 0.25) is 0 Å². The summed E-state index contributed by atoms with van der Waals surface area (Å²) in [6.45, 7) is 2.25. The van der Waals surface area contributed by atoms with Crippen LogP contribution >= 0.6 is 0 Å². The Balaban J connectivity index is 1.81. The Morgan fingerprint density at radius 3 is 2.33 bits per heavy atom. The van der Waals surface area contributed by atoms with E-state index in [1.807, 2.05) is 12.2 Å². The zero-order chi connectivity index (χ0) is 20.0. The third-order valence-corrected chi connectivity index (χ3v) is 3.87. The third kappa shape index (κ3) is 6.76. The van der Waals surface area contributed by atoms with Crippen molar-refractivity contribution >= 4 is 17.5 Å². The van der Waals surface area contributed by atoms with Crippen LogP contribution in [-0.4, -0.2) is 29.7 Å². The summed E-state index contributed by atoms with van der Waals surface area (Å²) in [6, 6.07) is 6.36. The van der Waals surface area contributed by atoms with Crippen molar-refractivity contribution in [3.8, 4) is 0 Å². The number of amides is 2. The topological polar surface area (TPSA) is 84.2 Å². The van der Waals surface area contributed by atoms with E-state index in [1.54, 1.807) is 31.2 Å². The number of carbonyl (C=O) groups excluding carboxylic acids is 2. The van der Waals surface area contributed by atoms with Gasteiger partial charge in [-0.3, -0.25) is 9.59 Å². The summed E-state index contributed by atoms with van der Waals surface area (Å²) >= 11 is 0. The molecule has 0 spiro atoms. The minimum Gasteiger partial charge on any atom is -0.361 e. The molecular weight excluding hydrogens is 363 g/mol. The van der Waals surface area contributed by atoms with Gasteiger partial charge in [0.25, 0.3) is 0 Å². The number of aryl methyl sites for hydroxylation is 2. The van der Waals surface area contributed by atoms with Gasteiger partial charge in [0.15, 0.2) is 0 Å². The Kier molecular flexibility index (Phi) is 6.59. The van der Waals surface area contributed by atoms with Gasteiger partial charge in [-0.05, 0) is 38.0 Å². The van der Waals surface area contributed by atoms with Crippen LogP contribution in [0.3, 0.4) is 0 Å². The molecule has 0 bridgehead atoms. The quantitative estimate of drug-likeness (QED) is 0.770. The molecule has 0 saturated heterocycles. The number of rotatable bonds is 7. The molecule has 27 heavy (non-hydrogen) atoms. The normalized spacial score (nSPS) is 11.3. The van der Waals surface area contributed by atoms with Gasteiger partial charge in [0.2, 0.25) is 11.8 Å². The van der Waals surface area contributed by atoms with Crippen molar-refractivity contribution in [2.75, 3.05) is 11.9 Å². The molecule has 146 valence electrons. The molecule has 0 atom stereocenters. The molecular formula is C18H20F3N3O3. The zero-order valence-electron chi connectivity index (χ0n) is 14.9. The summed E-state index contributed by atoms with van der Waals surface area (Å²) in [7, 11) is 0. The van der Waals surface area contributed by atoms with Gasteiger partial charge in [0.05, 0.1) is 12.1 Å². The molecule has 0 unspecified atom stereocenters. The lowest BCUT2D eigenvalue weighted by Crippen LogP contribution is -2.34. The Morgan fingerprint density at radius 1 is 1.11 bits per heavy atom. The second-order valence-corrected chi connectivity index (χ2v) is 6.12. The molecule has 9 heteroatoms. The van der Waals surface area contributed by atoms with Gasteiger partial charge >= 0.3 is 6.18 Å². The number of nitrogens with zero attached hydrogens (tertiary/aromatic N) is 1. The first-order chi connectivity index (χ1) is 12.6. The smallest absolute Gasteiger partial charge is 0.361 e. The lowest BCUT2D eigenvalue weighted by molar-refractivity contribution is -0.138. The van der Waals surface area contributed by atoms with Gasteiger partial charge in [-0.2, -0.15) is 13.2 Å². The van der Waals surface area contributed by atoms with Crippen molar-refractivity contribution in [1.82, 2.24) is 10.5 Å². The number of hydrogen-bond donors (Lipinski definition) is 2.